The van der Waals surface area contributed by atoms with Crippen molar-refractivity contribution in [2.75, 3.05) is 26.2 Å². The largest absolute Gasteiger partial charge is 0.337 e. The number of nitrogens with zero attached hydrogens (tertiary/aromatic N) is 1. The molecule has 1 N–H and O–H groups in total. The Morgan fingerprint density at radius 1 is 1.22 bits per heavy atom. The van der Waals surface area contributed by atoms with Gasteiger partial charge in [0, 0.05) is 24.1 Å². The van der Waals surface area contributed by atoms with Crippen LogP contribution in [0.15, 0.2) is 24.3 Å². The number of amides is 1. The molecule has 96 valence electrons. The molecule has 0 atom stereocenters. The molecule has 2 aliphatic rings. The summed E-state index contributed by atoms with van der Waals surface area (Å²) in [5.74, 6) is 0.206. The van der Waals surface area contributed by atoms with Gasteiger partial charge in [0.25, 0.3) is 5.91 Å². The summed E-state index contributed by atoms with van der Waals surface area (Å²) in [6.07, 6.45) is 2.43. The third-order valence-corrected chi connectivity index (χ3v) is 4.38. The summed E-state index contributed by atoms with van der Waals surface area (Å²) >= 11 is 0. The van der Waals surface area contributed by atoms with Crippen LogP contribution in [0.2, 0.25) is 0 Å². The number of nitrogens with one attached hydrogen (secondary N) is 1. The fraction of sp³-hybridized carbons (Fsp3) is 0.533. The van der Waals surface area contributed by atoms with E-state index in [-0.39, 0.29) is 5.91 Å². The van der Waals surface area contributed by atoms with E-state index in [2.05, 4.69) is 5.32 Å². The molecule has 1 spiro atoms. The van der Waals surface area contributed by atoms with Crippen molar-refractivity contribution in [2.45, 2.75) is 19.8 Å². The van der Waals surface area contributed by atoms with Crippen LogP contribution in [0, 0.1) is 12.3 Å². The van der Waals surface area contributed by atoms with Gasteiger partial charge in [0.15, 0.2) is 0 Å². The Bertz CT molecular complexity index is 455. The van der Waals surface area contributed by atoms with Gasteiger partial charge < -0.3 is 10.2 Å². The molecule has 2 saturated heterocycles. The lowest BCUT2D eigenvalue weighted by molar-refractivity contribution is -0.0114. The number of likely N-dealkylation sites (tertiary alicyclic amines) is 1. The van der Waals surface area contributed by atoms with Crippen LogP contribution in [0.3, 0.4) is 0 Å². The lowest BCUT2D eigenvalue weighted by Crippen LogP contribution is -2.61. The summed E-state index contributed by atoms with van der Waals surface area (Å²) in [5, 5.41) is 3.39. The van der Waals surface area contributed by atoms with Gasteiger partial charge in [-0.1, -0.05) is 18.2 Å². The van der Waals surface area contributed by atoms with Crippen molar-refractivity contribution < 1.29 is 4.79 Å². The molecule has 0 unspecified atom stereocenters. The number of hydrogen-bond acceptors (Lipinski definition) is 2. The Hall–Kier alpha value is -1.35. The molecule has 0 aliphatic carbocycles. The Kier molecular flexibility index (Phi) is 2.86. The maximum absolute atomic E-state index is 12.4. The Morgan fingerprint density at radius 2 is 1.89 bits per heavy atom. The summed E-state index contributed by atoms with van der Waals surface area (Å²) in [6.45, 7) is 6.11. The van der Waals surface area contributed by atoms with Gasteiger partial charge in [0.05, 0.1) is 0 Å². The minimum atomic E-state index is 0.206. The molecule has 3 nitrogen and oxygen atoms in total. The Labute approximate surface area is 108 Å². The van der Waals surface area contributed by atoms with Crippen LogP contribution >= 0.6 is 0 Å². The lowest BCUT2D eigenvalue weighted by atomic mass is 9.72. The van der Waals surface area contributed by atoms with Gasteiger partial charge in [-0.3, -0.25) is 4.79 Å². The predicted octanol–water partition coefficient (Wildman–Crippen LogP) is 1.82. The molecule has 2 aliphatic heterocycles. The van der Waals surface area contributed by atoms with Crippen LogP contribution in [0.4, 0.5) is 0 Å². The molecule has 3 rings (SSSR count). The van der Waals surface area contributed by atoms with Gasteiger partial charge in [-0.2, -0.15) is 0 Å². The summed E-state index contributed by atoms with van der Waals surface area (Å²) < 4.78 is 0. The molecular weight excluding hydrogens is 224 g/mol. The number of carbonyl (C=O) groups excluding carboxylic acids is 1. The first-order valence-electron chi connectivity index (χ1n) is 6.76. The predicted molar refractivity (Wildman–Crippen MR) is 71.6 cm³/mol. The first-order chi connectivity index (χ1) is 8.70. The van der Waals surface area contributed by atoms with E-state index in [0.717, 1.165) is 37.3 Å². The van der Waals surface area contributed by atoms with Crippen molar-refractivity contribution >= 4 is 5.91 Å². The second kappa shape index (κ2) is 4.39. The van der Waals surface area contributed by atoms with Crippen molar-refractivity contribution in [3.63, 3.8) is 0 Å². The van der Waals surface area contributed by atoms with Crippen molar-refractivity contribution in [3.8, 4) is 0 Å². The van der Waals surface area contributed by atoms with Gasteiger partial charge in [-0.05, 0) is 44.5 Å². The zero-order valence-corrected chi connectivity index (χ0v) is 10.9. The minimum absolute atomic E-state index is 0.206. The maximum atomic E-state index is 12.4. The van der Waals surface area contributed by atoms with E-state index >= 15 is 0 Å². The summed E-state index contributed by atoms with van der Waals surface area (Å²) in [6, 6.07) is 7.87. The van der Waals surface area contributed by atoms with Gasteiger partial charge in [-0.25, -0.2) is 0 Å². The van der Waals surface area contributed by atoms with E-state index in [9.17, 15) is 4.79 Å². The normalized spacial score (nSPS) is 21.7. The Balaban J connectivity index is 1.68. The molecule has 1 amide bonds. The van der Waals surface area contributed by atoms with Gasteiger partial charge in [-0.15, -0.1) is 0 Å². The monoisotopic (exact) mass is 244 g/mol. The number of carbonyl (C=O) groups is 1. The fourth-order valence-corrected chi connectivity index (χ4v) is 3.16. The zero-order chi connectivity index (χ0) is 12.6. The topological polar surface area (TPSA) is 32.3 Å². The molecule has 2 fully saturated rings. The molecule has 2 heterocycles. The minimum Gasteiger partial charge on any atom is -0.337 e. The van der Waals surface area contributed by atoms with Gasteiger partial charge in [0.1, 0.15) is 0 Å². The third kappa shape index (κ3) is 1.93. The lowest BCUT2D eigenvalue weighted by Gasteiger charge is -2.52. The molecule has 0 radical (unpaired) electrons. The second-order valence-electron chi connectivity index (χ2n) is 5.73. The van der Waals surface area contributed by atoms with Crippen molar-refractivity contribution in [3.05, 3.63) is 35.4 Å². The average molecular weight is 244 g/mol. The average Bonchev–Trinajstić information content (AvgIpc) is 2.37. The first-order valence-corrected chi connectivity index (χ1v) is 6.76. The number of aryl methyl sites for hydroxylation is 1. The Morgan fingerprint density at radius 3 is 2.56 bits per heavy atom. The fourth-order valence-electron chi connectivity index (χ4n) is 3.16. The van der Waals surface area contributed by atoms with Crippen LogP contribution in [-0.4, -0.2) is 37.0 Å². The molecule has 0 bridgehead atoms. The molecule has 18 heavy (non-hydrogen) atoms. The van der Waals surface area contributed by atoms with Crippen molar-refractivity contribution in [1.82, 2.24) is 10.2 Å². The van der Waals surface area contributed by atoms with Crippen LogP contribution in [0.5, 0.6) is 0 Å². The third-order valence-electron chi connectivity index (χ3n) is 4.38. The van der Waals surface area contributed by atoms with Crippen molar-refractivity contribution in [2.24, 2.45) is 5.41 Å². The maximum Gasteiger partial charge on any atom is 0.254 e. The molecule has 1 aromatic carbocycles. The highest BCUT2D eigenvalue weighted by atomic mass is 16.2. The molecular formula is C15H20N2O. The quantitative estimate of drug-likeness (QED) is 0.817. The van der Waals surface area contributed by atoms with Crippen LogP contribution in [0.1, 0.15) is 28.8 Å². The van der Waals surface area contributed by atoms with E-state index < -0.39 is 0 Å². The molecule has 1 aromatic rings. The highest BCUT2D eigenvalue weighted by molar-refractivity contribution is 5.96. The second-order valence-corrected chi connectivity index (χ2v) is 5.73. The van der Waals surface area contributed by atoms with E-state index in [1.54, 1.807) is 0 Å². The highest BCUT2D eigenvalue weighted by Gasteiger charge is 2.45. The van der Waals surface area contributed by atoms with E-state index in [1.807, 2.05) is 36.1 Å². The number of hydrogen-bond donors (Lipinski definition) is 1. The van der Waals surface area contributed by atoms with Crippen LogP contribution in [-0.2, 0) is 0 Å². The smallest absolute Gasteiger partial charge is 0.254 e. The zero-order valence-electron chi connectivity index (χ0n) is 10.9. The number of benzene rings is 1. The van der Waals surface area contributed by atoms with Crippen LogP contribution < -0.4 is 5.32 Å². The highest BCUT2D eigenvalue weighted by Crippen LogP contribution is 2.39. The molecule has 3 heteroatoms. The summed E-state index contributed by atoms with van der Waals surface area (Å²) in [7, 11) is 0. The summed E-state index contributed by atoms with van der Waals surface area (Å²) in [5.41, 5.74) is 2.36. The van der Waals surface area contributed by atoms with Crippen LogP contribution in [0.25, 0.3) is 0 Å². The first kappa shape index (κ1) is 11.7. The summed E-state index contributed by atoms with van der Waals surface area (Å²) in [4.78, 5) is 14.4. The molecule has 0 aromatic heterocycles. The van der Waals surface area contributed by atoms with E-state index in [0.29, 0.717) is 5.41 Å². The number of piperidine rings is 1. The van der Waals surface area contributed by atoms with Gasteiger partial charge in [0.2, 0.25) is 0 Å². The van der Waals surface area contributed by atoms with Gasteiger partial charge >= 0.3 is 0 Å². The van der Waals surface area contributed by atoms with Crippen molar-refractivity contribution in [1.29, 1.82) is 0 Å². The SMILES string of the molecule is Cc1ccccc1C(=O)N1CC2(CCNCC2)C1. The standard InChI is InChI=1S/C15H20N2O/c1-12-4-2-3-5-13(12)14(18)17-10-15(11-17)6-8-16-9-7-15/h2-5,16H,6-11H2,1H3. The van der Waals surface area contributed by atoms with E-state index in [1.165, 1.54) is 12.8 Å². The number of rotatable bonds is 1. The molecule has 0 saturated carbocycles. The van der Waals surface area contributed by atoms with E-state index in [4.69, 9.17) is 0 Å².